The molecule has 0 radical (unpaired) electrons. The molecule has 1 fully saturated rings. The first-order valence-electron chi connectivity index (χ1n) is 9.13. The molecule has 0 amide bonds. The van der Waals surface area contributed by atoms with Crippen molar-refractivity contribution in [3.05, 3.63) is 23.8 Å². The van der Waals surface area contributed by atoms with Gasteiger partial charge in [-0.3, -0.25) is 4.55 Å². The normalized spacial score (nSPS) is 15.9. The highest BCUT2D eigenvalue weighted by molar-refractivity contribution is 7.85. The smallest absolute Gasteiger partial charge is 0.484 e. The van der Waals surface area contributed by atoms with Crippen molar-refractivity contribution in [2.24, 2.45) is 0 Å². The van der Waals surface area contributed by atoms with Crippen LogP contribution in [0, 0.1) is 0 Å². The Bertz CT molecular complexity index is 906. The summed E-state index contributed by atoms with van der Waals surface area (Å²) in [5.41, 5.74) is -0.917. The van der Waals surface area contributed by atoms with Gasteiger partial charge in [-0.1, -0.05) is 0 Å². The summed E-state index contributed by atoms with van der Waals surface area (Å²) in [5.74, 6) is -3.88. The van der Waals surface area contributed by atoms with Crippen LogP contribution in [0.3, 0.4) is 0 Å². The number of carbonyl (C=O) groups excluding carboxylic acids is 2. The van der Waals surface area contributed by atoms with Gasteiger partial charge >= 0.3 is 18.3 Å². The number of hydrogen-bond donors (Lipinski definition) is 1. The first-order chi connectivity index (χ1) is 14.3. The van der Waals surface area contributed by atoms with Crippen molar-refractivity contribution in [3.63, 3.8) is 0 Å². The third-order valence-electron chi connectivity index (χ3n) is 4.35. The van der Waals surface area contributed by atoms with Crippen LogP contribution >= 0.6 is 0 Å². The van der Waals surface area contributed by atoms with Gasteiger partial charge in [0.1, 0.15) is 18.0 Å². The summed E-state index contributed by atoms with van der Waals surface area (Å²) < 4.78 is 86.6. The molecule has 1 N–H and O–H groups in total. The molecule has 2 rings (SSSR count). The molecule has 1 saturated carbocycles. The van der Waals surface area contributed by atoms with Gasteiger partial charge in [-0.05, 0) is 50.8 Å². The predicted molar refractivity (Wildman–Crippen MR) is 98.3 cm³/mol. The van der Waals surface area contributed by atoms with Crippen LogP contribution in [0.4, 0.5) is 13.2 Å². The number of benzene rings is 1. The summed E-state index contributed by atoms with van der Waals surface area (Å²) in [6.07, 6.45) is -2.06. The average Bonchev–Trinajstić information content (AvgIpc) is 3.05. The van der Waals surface area contributed by atoms with Crippen LogP contribution in [0.2, 0.25) is 0 Å². The third-order valence-corrected chi connectivity index (χ3v) is 5.03. The number of esters is 2. The van der Waals surface area contributed by atoms with Crippen LogP contribution in [-0.2, 0) is 24.4 Å². The Labute approximate surface area is 176 Å². The van der Waals surface area contributed by atoms with Crippen LogP contribution in [-0.4, -0.2) is 55.8 Å². The lowest BCUT2D eigenvalue weighted by Gasteiger charge is -2.27. The van der Waals surface area contributed by atoms with Crippen LogP contribution in [0.25, 0.3) is 0 Å². The number of alkyl halides is 3. The fourth-order valence-electron chi connectivity index (χ4n) is 2.92. The van der Waals surface area contributed by atoms with Crippen molar-refractivity contribution >= 4 is 22.1 Å². The van der Waals surface area contributed by atoms with Gasteiger partial charge in [0.15, 0.2) is 18.1 Å². The van der Waals surface area contributed by atoms with Gasteiger partial charge in [0.25, 0.3) is 10.1 Å². The first-order valence-corrected chi connectivity index (χ1v) is 10.7. The Kier molecular flexibility index (Phi) is 7.76. The topological polar surface area (TPSA) is 125 Å². The minimum Gasteiger partial charge on any atom is -0.484 e. The lowest BCUT2D eigenvalue weighted by molar-refractivity contribution is -0.275. The van der Waals surface area contributed by atoms with E-state index in [0.29, 0.717) is 12.8 Å². The van der Waals surface area contributed by atoms with Crippen LogP contribution in [0.15, 0.2) is 18.2 Å². The number of hydrogen-bond acceptors (Lipinski definition) is 8. The molecule has 0 heterocycles. The molecule has 1 aromatic rings. The van der Waals surface area contributed by atoms with Gasteiger partial charge in [0, 0.05) is 0 Å². The van der Waals surface area contributed by atoms with E-state index in [1.54, 1.807) is 6.92 Å². The molecule has 13 heteroatoms. The van der Waals surface area contributed by atoms with E-state index in [1.807, 2.05) is 0 Å². The van der Waals surface area contributed by atoms with Crippen LogP contribution in [0.1, 0.15) is 43.0 Å². The van der Waals surface area contributed by atoms with Crippen molar-refractivity contribution in [1.29, 1.82) is 0 Å². The molecule has 0 spiro atoms. The predicted octanol–water partition coefficient (Wildman–Crippen LogP) is 2.88. The van der Waals surface area contributed by atoms with Gasteiger partial charge in [-0.2, -0.15) is 8.42 Å². The van der Waals surface area contributed by atoms with E-state index < -0.39 is 58.7 Å². The molecule has 0 aromatic heterocycles. The highest BCUT2D eigenvalue weighted by atomic mass is 32.2. The summed E-state index contributed by atoms with van der Waals surface area (Å²) in [4.78, 5) is 23.6. The Balaban J connectivity index is 2.06. The Morgan fingerprint density at radius 2 is 1.77 bits per heavy atom. The van der Waals surface area contributed by atoms with Crippen molar-refractivity contribution in [2.45, 2.75) is 44.6 Å². The summed E-state index contributed by atoms with van der Waals surface area (Å²) in [6.45, 7) is 0.221. The SMILES string of the molecule is CC1(Oc2cc(C(=O)OCC(=O)OCCS(=O)(=O)O)ccc2OC(F)(F)F)CCCC1. The molecular weight excluding hydrogens is 449 g/mol. The monoisotopic (exact) mass is 470 g/mol. The van der Waals surface area contributed by atoms with E-state index in [1.165, 1.54) is 0 Å². The van der Waals surface area contributed by atoms with Crippen molar-refractivity contribution in [2.75, 3.05) is 19.0 Å². The average molecular weight is 470 g/mol. The fourth-order valence-corrected chi connectivity index (χ4v) is 3.22. The third kappa shape index (κ3) is 8.61. The standard InChI is InChI=1S/C18H21F3O9S/c1-17(6-2-3-7-17)29-14-10-12(4-5-13(14)30-18(19,20)21)16(23)28-11-15(22)27-8-9-31(24,25)26/h4-5,10H,2-3,6-9,11H2,1H3,(H,24,25,26). The van der Waals surface area contributed by atoms with Crippen molar-refractivity contribution in [1.82, 2.24) is 0 Å². The fraction of sp³-hybridized carbons (Fsp3) is 0.556. The highest BCUT2D eigenvalue weighted by Gasteiger charge is 2.36. The number of ether oxygens (including phenoxy) is 4. The van der Waals surface area contributed by atoms with E-state index in [9.17, 15) is 31.2 Å². The molecule has 0 bridgehead atoms. The van der Waals surface area contributed by atoms with Gasteiger partial charge in [-0.15, -0.1) is 13.2 Å². The van der Waals surface area contributed by atoms with E-state index in [-0.39, 0.29) is 11.3 Å². The quantitative estimate of drug-likeness (QED) is 0.428. The maximum absolute atomic E-state index is 12.7. The van der Waals surface area contributed by atoms with E-state index in [2.05, 4.69) is 9.47 Å². The molecule has 1 aromatic carbocycles. The van der Waals surface area contributed by atoms with Gasteiger partial charge < -0.3 is 18.9 Å². The summed E-state index contributed by atoms with van der Waals surface area (Å²) in [7, 11) is -4.32. The van der Waals surface area contributed by atoms with Crippen molar-refractivity contribution < 1.29 is 54.7 Å². The number of carbonyl (C=O) groups is 2. The van der Waals surface area contributed by atoms with E-state index in [0.717, 1.165) is 31.0 Å². The molecule has 31 heavy (non-hydrogen) atoms. The second kappa shape index (κ2) is 9.73. The summed E-state index contributed by atoms with van der Waals surface area (Å²) in [6, 6.07) is 2.94. The van der Waals surface area contributed by atoms with Gasteiger partial charge in [0.05, 0.1) is 5.56 Å². The van der Waals surface area contributed by atoms with E-state index in [4.69, 9.17) is 14.0 Å². The summed E-state index contributed by atoms with van der Waals surface area (Å²) >= 11 is 0. The lowest BCUT2D eigenvalue weighted by Crippen LogP contribution is -2.29. The molecule has 0 atom stereocenters. The zero-order chi connectivity index (χ0) is 23.3. The largest absolute Gasteiger partial charge is 0.573 e. The minimum absolute atomic E-state index is 0.197. The Hall–Kier alpha value is -2.54. The molecule has 0 unspecified atom stereocenters. The van der Waals surface area contributed by atoms with Gasteiger partial charge in [-0.25, -0.2) is 9.59 Å². The van der Waals surface area contributed by atoms with Gasteiger partial charge in [0.2, 0.25) is 0 Å². The Morgan fingerprint density at radius 3 is 2.35 bits per heavy atom. The van der Waals surface area contributed by atoms with Crippen LogP contribution < -0.4 is 9.47 Å². The van der Waals surface area contributed by atoms with Crippen molar-refractivity contribution in [3.8, 4) is 11.5 Å². The molecule has 9 nitrogen and oxygen atoms in total. The molecule has 174 valence electrons. The zero-order valence-corrected chi connectivity index (χ0v) is 17.3. The molecule has 1 aliphatic carbocycles. The van der Waals surface area contributed by atoms with Crippen LogP contribution in [0.5, 0.6) is 11.5 Å². The first kappa shape index (κ1) is 24.7. The number of rotatable bonds is 9. The molecule has 1 aliphatic rings. The molecule has 0 saturated heterocycles. The summed E-state index contributed by atoms with van der Waals surface area (Å²) in [5, 5.41) is 0. The Morgan fingerprint density at radius 1 is 1.13 bits per heavy atom. The second-order valence-electron chi connectivity index (χ2n) is 7.05. The zero-order valence-electron chi connectivity index (χ0n) is 16.4. The lowest BCUT2D eigenvalue weighted by atomic mass is 10.1. The van der Waals surface area contributed by atoms with E-state index >= 15 is 0 Å². The second-order valence-corrected chi connectivity index (χ2v) is 8.62. The maximum Gasteiger partial charge on any atom is 0.573 e. The maximum atomic E-state index is 12.7. The highest BCUT2D eigenvalue weighted by Crippen LogP contribution is 2.40. The molecule has 0 aliphatic heterocycles. The number of halogens is 3. The molecular formula is C18H21F3O9S. The minimum atomic E-state index is -4.97.